The standard InChI is InChI=1S/C10H10N4O5S/c11-5-2-1-3-6(4-5)20(18,19)14-7-8(15)12-10(17)13-9(7)16/h1-4,7,14H,11H2,(H2,12,13,15,16,17). The topological polar surface area (TPSA) is 147 Å². The molecule has 1 aromatic carbocycles. The van der Waals surface area contributed by atoms with Crippen molar-refractivity contribution in [1.82, 2.24) is 15.4 Å². The van der Waals surface area contributed by atoms with Gasteiger partial charge in [0.25, 0.3) is 11.8 Å². The Morgan fingerprint density at radius 1 is 1.10 bits per heavy atom. The number of hydrogen-bond donors (Lipinski definition) is 4. The van der Waals surface area contributed by atoms with E-state index in [1.807, 2.05) is 4.72 Å². The largest absolute Gasteiger partial charge is 0.399 e. The normalized spacial score (nSPS) is 16.7. The molecule has 1 heterocycles. The molecule has 0 unspecified atom stereocenters. The Kier molecular flexibility index (Phi) is 3.42. The minimum atomic E-state index is -4.13. The molecule has 9 nitrogen and oxygen atoms in total. The predicted octanol–water partition coefficient (Wildman–Crippen LogP) is -1.72. The maximum atomic E-state index is 12.0. The lowest BCUT2D eigenvalue weighted by Crippen LogP contribution is -2.64. The maximum absolute atomic E-state index is 12.0. The van der Waals surface area contributed by atoms with Crippen molar-refractivity contribution in [3.63, 3.8) is 0 Å². The molecule has 106 valence electrons. The smallest absolute Gasteiger partial charge is 0.328 e. The Morgan fingerprint density at radius 3 is 2.25 bits per heavy atom. The van der Waals surface area contributed by atoms with Gasteiger partial charge in [-0.1, -0.05) is 6.07 Å². The molecule has 10 heteroatoms. The van der Waals surface area contributed by atoms with E-state index < -0.39 is 33.9 Å². The predicted molar refractivity (Wildman–Crippen MR) is 66.6 cm³/mol. The van der Waals surface area contributed by atoms with E-state index in [1.165, 1.54) is 24.3 Å². The van der Waals surface area contributed by atoms with Crippen molar-refractivity contribution >= 4 is 33.6 Å². The van der Waals surface area contributed by atoms with Crippen LogP contribution in [0.25, 0.3) is 0 Å². The summed E-state index contributed by atoms with van der Waals surface area (Å²) in [5.74, 6) is -2.10. The van der Waals surface area contributed by atoms with Gasteiger partial charge in [0.15, 0.2) is 6.04 Å². The fraction of sp³-hybridized carbons (Fsp3) is 0.100. The number of amides is 4. The number of benzene rings is 1. The Balaban J connectivity index is 2.26. The minimum Gasteiger partial charge on any atom is -0.399 e. The maximum Gasteiger partial charge on any atom is 0.328 e. The van der Waals surface area contributed by atoms with E-state index in [4.69, 9.17) is 5.73 Å². The summed E-state index contributed by atoms with van der Waals surface area (Å²) in [4.78, 5) is 33.5. The first kappa shape index (κ1) is 14.0. The Morgan fingerprint density at radius 2 is 1.70 bits per heavy atom. The zero-order valence-electron chi connectivity index (χ0n) is 9.91. The Bertz CT molecular complexity index is 679. The van der Waals surface area contributed by atoms with Crippen LogP contribution in [0.1, 0.15) is 0 Å². The van der Waals surface area contributed by atoms with Crippen LogP contribution in [0, 0.1) is 0 Å². The lowest BCUT2D eigenvalue weighted by molar-refractivity contribution is -0.132. The average Bonchev–Trinajstić information content (AvgIpc) is 2.34. The fourth-order valence-electron chi connectivity index (χ4n) is 1.53. The molecule has 0 radical (unpaired) electrons. The third-order valence-corrected chi connectivity index (χ3v) is 3.86. The fourth-order valence-corrected chi connectivity index (χ4v) is 2.74. The molecule has 0 saturated carbocycles. The first-order valence-electron chi connectivity index (χ1n) is 5.33. The second-order valence-electron chi connectivity index (χ2n) is 3.93. The molecule has 1 aromatic rings. The van der Waals surface area contributed by atoms with Gasteiger partial charge in [-0.05, 0) is 18.2 Å². The summed E-state index contributed by atoms with van der Waals surface area (Å²) in [6.45, 7) is 0. The van der Waals surface area contributed by atoms with Crippen molar-refractivity contribution in [3.05, 3.63) is 24.3 Å². The number of urea groups is 1. The van der Waals surface area contributed by atoms with Crippen LogP contribution >= 0.6 is 0 Å². The van der Waals surface area contributed by atoms with Crippen molar-refractivity contribution in [3.8, 4) is 0 Å². The van der Waals surface area contributed by atoms with E-state index in [0.29, 0.717) is 0 Å². The first-order valence-corrected chi connectivity index (χ1v) is 6.81. The monoisotopic (exact) mass is 298 g/mol. The highest BCUT2D eigenvalue weighted by Gasteiger charge is 2.37. The molecule has 1 fully saturated rings. The van der Waals surface area contributed by atoms with Crippen molar-refractivity contribution in [2.24, 2.45) is 0 Å². The van der Waals surface area contributed by atoms with Crippen molar-refractivity contribution < 1.29 is 22.8 Å². The number of carbonyl (C=O) groups excluding carboxylic acids is 3. The molecule has 0 aromatic heterocycles. The highest BCUT2D eigenvalue weighted by molar-refractivity contribution is 7.89. The van der Waals surface area contributed by atoms with Crippen LogP contribution in [0.3, 0.4) is 0 Å². The lowest BCUT2D eigenvalue weighted by Gasteiger charge is -2.21. The second-order valence-corrected chi connectivity index (χ2v) is 5.65. The van der Waals surface area contributed by atoms with Gasteiger partial charge in [0.2, 0.25) is 10.0 Å². The molecule has 1 saturated heterocycles. The van der Waals surface area contributed by atoms with Gasteiger partial charge in [0.05, 0.1) is 4.90 Å². The highest BCUT2D eigenvalue weighted by Crippen LogP contribution is 2.13. The van der Waals surface area contributed by atoms with Crippen LogP contribution < -0.4 is 21.1 Å². The molecular formula is C10H10N4O5S. The molecule has 4 amide bonds. The highest BCUT2D eigenvalue weighted by atomic mass is 32.2. The van der Waals surface area contributed by atoms with Gasteiger partial charge >= 0.3 is 6.03 Å². The lowest BCUT2D eigenvalue weighted by atomic mass is 10.2. The molecule has 1 aliphatic rings. The summed E-state index contributed by atoms with van der Waals surface area (Å²) in [6.07, 6.45) is 0. The number of sulfonamides is 1. The molecule has 0 spiro atoms. The average molecular weight is 298 g/mol. The number of imide groups is 2. The number of nitrogens with one attached hydrogen (secondary N) is 3. The first-order chi connectivity index (χ1) is 9.29. The summed E-state index contributed by atoms with van der Waals surface area (Å²) in [7, 11) is -4.13. The number of rotatable bonds is 3. The zero-order chi connectivity index (χ0) is 14.9. The number of barbiturate groups is 1. The van der Waals surface area contributed by atoms with Crippen molar-refractivity contribution in [1.29, 1.82) is 0 Å². The number of carbonyl (C=O) groups is 3. The SMILES string of the molecule is Nc1cccc(S(=O)(=O)NC2C(=O)NC(=O)NC2=O)c1. The zero-order valence-corrected chi connectivity index (χ0v) is 10.7. The summed E-state index contributed by atoms with van der Waals surface area (Å²) in [6, 6.07) is 2.60. The van der Waals surface area contributed by atoms with E-state index in [1.54, 1.807) is 10.6 Å². The summed E-state index contributed by atoms with van der Waals surface area (Å²) >= 11 is 0. The number of hydrogen-bond acceptors (Lipinski definition) is 6. The van der Waals surface area contributed by atoms with Crippen LogP contribution in [0.5, 0.6) is 0 Å². The van der Waals surface area contributed by atoms with Gasteiger partial charge in [-0.25, -0.2) is 13.2 Å². The molecule has 0 bridgehead atoms. The number of anilines is 1. The van der Waals surface area contributed by atoms with E-state index in [2.05, 4.69) is 0 Å². The van der Waals surface area contributed by atoms with Crippen LogP contribution in [-0.2, 0) is 19.6 Å². The van der Waals surface area contributed by atoms with Crippen LogP contribution in [0.15, 0.2) is 29.2 Å². The van der Waals surface area contributed by atoms with Gasteiger partial charge in [-0.3, -0.25) is 20.2 Å². The van der Waals surface area contributed by atoms with Crippen LogP contribution in [0.4, 0.5) is 10.5 Å². The molecular weight excluding hydrogens is 288 g/mol. The van der Waals surface area contributed by atoms with E-state index >= 15 is 0 Å². The number of nitrogens with two attached hydrogens (primary N) is 1. The van der Waals surface area contributed by atoms with E-state index in [0.717, 1.165) is 0 Å². The van der Waals surface area contributed by atoms with E-state index in [-0.39, 0.29) is 10.6 Å². The van der Waals surface area contributed by atoms with Gasteiger partial charge in [0.1, 0.15) is 0 Å². The van der Waals surface area contributed by atoms with Gasteiger partial charge < -0.3 is 5.73 Å². The molecule has 1 aliphatic heterocycles. The summed E-state index contributed by atoms with van der Waals surface area (Å²) in [5, 5.41) is 3.57. The molecule has 5 N–H and O–H groups in total. The number of nitrogen functional groups attached to an aromatic ring is 1. The van der Waals surface area contributed by atoms with Gasteiger partial charge in [-0.15, -0.1) is 0 Å². The van der Waals surface area contributed by atoms with Gasteiger partial charge in [0, 0.05) is 5.69 Å². The quantitative estimate of drug-likeness (QED) is 0.385. The van der Waals surface area contributed by atoms with Crippen molar-refractivity contribution in [2.45, 2.75) is 10.9 Å². The molecule has 2 rings (SSSR count). The van der Waals surface area contributed by atoms with Gasteiger partial charge in [-0.2, -0.15) is 4.72 Å². The van der Waals surface area contributed by atoms with Crippen LogP contribution in [0.2, 0.25) is 0 Å². The Labute approximate surface area is 113 Å². The summed E-state index contributed by atoms with van der Waals surface area (Å²) in [5.41, 5.74) is 5.67. The molecule has 0 aliphatic carbocycles. The molecule has 20 heavy (non-hydrogen) atoms. The Hall–Kier alpha value is -2.46. The van der Waals surface area contributed by atoms with E-state index in [9.17, 15) is 22.8 Å². The minimum absolute atomic E-state index is 0.199. The third-order valence-electron chi connectivity index (χ3n) is 2.44. The van der Waals surface area contributed by atoms with Crippen LogP contribution in [-0.4, -0.2) is 32.3 Å². The van der Waals surface area contributed by atoms with Crippen molar-refractivity contribution in [2.75, 3.05) is 5.73 Å². The third kappa shape index (κ3) is 2.75. The summed E-state index contributed by atoms with van der Waals surface area (Å²) < 4.78 is 25.9. The second kappa shape index (κ2) is 4.90. The molecule has 0 atom stereocenters.